The molecule has 0 saturated heterocycles. The minimum atomic E-state index is -2.27. The Labute approximate surface area is 166 Å². The first-order chi connectivity index (χ1) is 11.0. The maximum Gasteiger partial charge on any atom is 0.115 e. The van der Waals surface area contributed by atoms with E-state index in [0.29, 0.717) is 0 Å². The lowest BCUT2D eigenvalue weighted by Crippen LogP contribution is -2.65. The molecule has 2 rings (SSSR count). The maximum absolute atomic E-state index is 7.52. The summed E-state index contributed by atoms with van der Waals surface area (Å²) < 4.78 is -0.967. The SMILES string of the molecule is CC1=CC(Cl)([Si](C)(C)C2(Cl)C=C(C)C=C2C(C)(C)C)C(C(C)(C)C)=C1. The second-order valence-corrected chi connectivity index (χ2v) is 17.1. The van der Waals surface area contributed by atoms with Gasteiger partial charge in [0.25, 0.3) is 0 Å². The molecule has 0 aromatic heterocycles. The van der Waals surface area contributed by atoms with Crippen molar-refractivity contribution < 1.29 is 0 Å². The van der Waals surface area contributed by atoms with E-state index < -0.39 is 17.1 Å². The smallest absolute Gasteiger partial charge is 0.114 e. The Balaban J connectivity index is 2.69. The molecule has 0 amide bonds. The molecule has 0 bridgehead atoms. The summed E-state index contributed by atoms with van der Waals surface area (Å²) in [5.41, 5.74) is 5.14. The fourth-order valence-corrected chi connectivity index (χ4v) is 10.4. The van der Waals surface area contributed by atoms with E-state index in [0.717, 1.165) is 0 Å². The predicted molar refractivity (Wildman–Crippen MR) is 117 cm³/mol. The van der Waals surface area contributed by atoms with Gasteiger partial charge in [0, 0.05) is 0 Å². The van der Waals surface area contributed by atoms with Gasteiger partial charge in [-0.1, -0.05) is 90.1 Å². The van der Waals surface area contributed by atoms with Crippen LogP contribution in [0.25, 0.3) is 0 Å². The molecule has 2 unspecified atom stereocenters. The van der Waals surface area contributed by atoms with Crippen molar-refractivity contribution in [3.63, 3.8) is 0 Å². The van der Waals surface area contributed by atoms with Crippen LogP contribution in [-0.2, 0) is 0 Å². The van der Waals surface area contributed by atoms with Crippen molar-refractivity contribution in [2.24, 2.45) is 10.8 Å². The number of allylic oxidation sites excluding steroid dienone is 8. The zero-order valence-corrected chi connectivity index (χ0v) is 20.1. The van der Waals surface area contributed by atoms with Crippen LogP contribution in [0.1, 0.15) is 55.4 Å². The second-order valence-electron chi connectivity index (χ2n) is 10.4. The standard InChI is InChI=1S/C22H34Cl2Si/c1-15-11-17(19(3,4)5)21(23,13-15)25(9,10)22(24)14-16(2)12-18(22)20(6,7)8/h11-14H,1-10H3. The molecule has 0 radical (unpaired) electrons. The van der Waals surface area contributed by atoms with E-state index in [2.05, 4.69) is 92.8 Å². The molecule has 25 heavy (non-hydrogen) atoms. The van der Waals surface area contributed by atoms with Gasteiger partial charge in [0.2, 0.25) is 0 Å². The van der Waals surface area contributed by atoms with Gasteiger partial charge in [-0.05, 0) is 35.8 Å². The Bertz CT molecular complexity index is 647. The third-order valence-corrected chi connectivity index (χ3v) is 13.7. The molecule has 0 aromatic carbocycles. The molecule has 2 atom stereocenters. The van der Waals surface area contributed by atoms with Crippen LogP contribution in [0.5, 0.6) is 0 Å². The molecule has 0 saturated carbocycles. The van der Waals surface area contributed by atoms with Crippen LogP contribution in [0, 0.1) is 10.8 Å². The minimum Gasteiger partial charge on any atom is -0.114 e. The average molecular weight is 398 g/mol. The van der Waals surface area contributed by atoms with Gasteiger partial charge in [-0.25, -0.2) is 0 Å². The van der Waals surface area contributed by atoms with Gasteiger partial charge in [0.15, 0.2) is 0 Å². The lowest BCUT2D eigenvalue weighted by atomic mass is 9.85. The van der Waals surface area contributed by atoms with Crippen molar-refractivity contribution in [2.45, 2.75) is 77.5 Å². The summed E-state index contributed by atoms with van der Waals surface area (Å²) in [6, 6.07) is 0. The predicted octanol–water partition coefficient (Wildman–Crippen LogP) is 7.59. The summed E-state index contributed by atoms with van der Waals surface area (Å²) >= 11 is 15.0. The first-order valence-electron chi connectivity index (χ1n) is 9.19. The van der Waals surface area contributed by atoms with Crippen LogP contribution in [0.2, 0.25) is 13.1 Å². The highest BCUT2D eigenvalue weighted by Crippen LogP contribution is 2.58. The monoisotopic (exact) mass is 396 g/mol. The fraction of sp³-hybridized carbons (Fsp3) is 0.636. The van der Waals surface area contributed by atoms with E-state index in [4.69, 9.17) is 23.2 Å². The van der Waals surface area contributed by atoms with Gasteiger partial charge in [0.1, 0.15) is 8.07 Å². The van der Waals surface area contributed by atoms with Crippen LogP contribution in [0.4, 0.5) is 0 Å². The zero-order valence-electron chi connectivity index (χ0n) is 17.6. The third-order valence-electron chi connectivity index (χ3n) is 5.82. The van der Waals surface area contributed by atoms with Crippen LogP contribution in [0.15, 0.2) is 46.6 Å². The molecule has 3 heteroatoms. The number of rotatable bonds is 2. The molecule has 0 heterocycles. The molecular formula is C22H34Cl2Si. The molecule has 0 fully saturated rings. The average Bonchev–Trinajstić information content (AvgIpc) is 2.87. The van der Waals surface area contributed by atoms with Crippen LogP contribution >= 0.6 is 23.2 Å². The van der Waals surface area contributed by atoms with Gasteiger partial charge in [0.05, 0.1) is 8.99 Å². The zero-order chi connectivity index (χ0) is 19.6. The Hall–Kier alpha value is -0.243. The number of alkyl halides is 2. The van der Waals surface area contributed by atoms with E-state index in [1.807, 2.05) is 0 Å². The van der Waals surface area contributed by atoms with Gasteiger partial charge in [-0.3, -0.25) is 0 Å². The lowest BCUT2D eigenvalue weighted by molar-refractivity contribution is 0.477. The van der Waals surface area contributed by atoms with E-state index in [-0.39, 0.29) is 10.8 Å². The normalized spacial score (nSPS) is 30.9. The molecule has 0 nitrogen and oxygen atoms in total. The van der Waals surface area contributed by atoms with Crippen molar-refractivity contribution in [1.82, 2.24) is 0 Å². The second kappa shape index (κ2) is 5.88. The van der Waals surface area contributed by atoms with Gasteiger partial charge < -0.3 is 0 Å². The van der Waals surface area contributed by atoms with Crippen LogP contribution in [0.3, 0.4) is 0 Å². The summed E-state index contributed by atoms with van der Waals surface area (Å²) in [7, 11) is -2.27. The molecule has 2 aliphatic carbocycles. The summed E-state index contributed by atoms with van der Waals surface area (Å²) in [4.78, 5) is 0. The first-order valence-corrected chi connectivity index (χ1v) is 12.9. The molecule has 0 N–H and O–H groups in total. The van der Waals surface area contributed by atoms with Gasteiger partial charge >= 0.3 is 0 Å². The van der Waals surface area contributed by atoms with Crippen LogP contribution in [-0.4, -0.2) is 17.1 Å². The molecule has 140 valence electrons. The highest BCUT2D eigenvalue weighted by molar-refractivity contribution is 6.97. The Morgan fingerprint density at radius 2 is 1.00 bits per heavy atom. The van der Waals surface area contributed by atoms with E-state index in [1.165, 1.54) is 22.3 Å². The van der Waals surface area contributed by atoms with Gasteiger partial charge in [-0.15, -0.1) is 23.2 Å². The number of hydrogen-bond acceptors (Lipinski definition) is 0. The topological polar surface area (TPSA) is 0 Å². The Morgan fingerprint density at radius 3 is 1.24 bits per heavy atom. The van der Waals surface area contributed by atoms with E-state index >= 15 is 0 Å². The van der Waals surface area contributed by atoms with Crippen molar-refractivity contribution >= 4 is 31.3 Å². The van der Waals surface area contributed by atoms with E-state index in [1.54, 1.807) is 0 Å². The third kappa shape index (κ3) is 3.15. The van der Waals surface area contributed by atoms with Crippen molar-refractivity contribution in [1.29, 1.82) is 0 Å². The van der Waals surface area contributed by atoms with Gasteiger partial charge in [-0.2, -0.15) is 0 Å². The Kier molecular flexibility index (Phi) is 4.95. The van der Waals surface area contributed by atoms with Crippen molar-refractivity contribution in [3.05, 3.63) is 46.6 Å². The van der Waals surface area contributed by atoms with Crippen LogP contribution < -0.4 is 0 Å². The van der Waals surface area contributed by atoms with E-state index in [9.17, 15) is 0 Å². The maximum atomic E-state index is 7.52. The number of halogens is 2. The Morgan fingerprint density at radius 1 is 0.720 bits per heavy atom. The fourth-order valence-electron chi connectivity index (χ4n) is 4.36. The molecule has 0 aromatic rings. The first kappa shape index (κ1) is 21.1. The lowest BCUT2D eigenvalue weighted by Gasteiger charge is -2.52. The summed E-state index contributed by atoms with van der Waals surface area (Å²) in [6.45, 7) is 22.5. The number of hydrogen-bond donors (Lipinski definition) is 0. The highest BCUT2D eigenvalue weighted by atomic mass is 35.5. The molecular weight excluding hydrogens is 363 g/mol. The van der Waals surface area contributed by atoms with Crippen molar-refractivity contribution in [2.75, 3.05) is 0 Å². The summed E-state index contributed by atoms with van der Waals surface area (Å²) in [5.74, 6) is 0. The van der Waals surface area contributed by atoms with Crippen molar-refractivity contribution in [3.8, 4) is 0 Å². The summed E-state index contributed by atoms with van der Waals surface area (Å²) in [5, 5.41) is 0. The molecule has 0 aliphatic heterocycles. The highest BCUT2D eigenvalue weighted by Gasteiger charge is 2.63. The molecule has 2 aliphatic rings. The molecule has 0 spiro atoms. The quantitative estimate of drug-likeness (QED) is 0.332. The summed E-state index contributed by atoms with van der Waals surface area (Å²) in [6.07, 6.45) is 9.11. The minimum absolute atomic E-state index is 0.0104. The largest absolute Gasteiger partial charge is 0.115 e.